The van der Waals surface area contributed by atoms with E-state index < -0.39 is 0 Å². The van der Waals surface area contributed by atoms with Gasteiger partial charge in [0.1, 0.15) is 17.1 Å². The number of aryl methyl sites for hydroxylation is 1. The standard InChI is InChI=1S/C22H19ClO5/c1-26-14-6-4-5-13(9-14)19(24)12-27-21-11-20-17(10-18(21)23)15-7-2-3-8-16(15)22(25)28-20/h4-6,9-11H,2-3,7-8,12H2,1H3. The van der Waals surface area contributed by atoms with Crippen molar-refractivity contribution in [2.24, 2.45) is 0 Å². The molecule has 4 rings (SSSR count). The monoisotopic (exact) mass is 398 g/mol. The molecule has 0 saturated heterocycles. The molecule has 1 heterocycles. The van der Waals surface area contributed by atoms with Gasteiger partial charge in [-0.3, -0.25) is 4.79 Å². The van der Waals surface area contributed by atoms with Gasteiger partial charge in [0.15, 0.2) is 12.4 Å². The Balaban J connectivity index is 1.61. The second-order valence-corrected chi connectivity index (χ2v) is 7.18. The van der Waals surface area contributed by atoms with Gasteiger partial charge in [0.05, 0.1) is 12.1 Å². The Labute approximate surface area is 166 Å². The summed E-state index contributed by atoms with van der Waals surface area (Å²) in [6, 6.07) is 10.2. The number of benzene rings is 2. The van der Waals surface area contributed by atoms with Crippen molar-refractivity contribution < 1.29 is 18.7 Å². The first-order chi connectivity index (χ1) is 13.6. The van der Waals surface area contributed by atoms with E-state index in [9.17, 15) is 9.59 Å². The molecule has 6 heteroatoms. The quantitative estimate of drug-likeness (QED) is 0.464. The van der Waals surface area contributed by atoms with Gasteiger partial charge in [0, 0.05) is 22.6 Å². The zero-order valence-electron chi connectivity index (χ0n) is 15.4. The number of hydrogen-bond acceptors (Lipinski definition) is 5. The molecular weight excluding hydrogens is 380 g/mol. The number of fused-ring (bicyclic) bond motifs is 3. The minimum atomic E-state index is -0.303. The van der Waals surface area contributed by atoms with Crippen molar-refractivity contribution in [2.45, 2.75) is 25.7 Å². The van der Waals surface area contributed by atoms with Crippen LogP contribution >= 0.6 is 11.6 Å². The lowest BCUT2D eigenvalue weighted by molar-refractivity contribution is 0.0921. The SMILES string of the molecule is COc1cccc(C(=O)COc2cc3oc(=O)c4c(c3cc2Cl)CCCC4)c1. The highest BCUT2D eigenvalue weighted by Gasteiger charge is 2.20. The molecule has 144 valence electrons. The lowest BCUT2D eigenvalue weighted by Gasteiger charge is -2.17. The third-order valence-electron chi connectivity index (χ3n) is 5.03. The van der Waals surface area contributed by atoms with Gasteiger partial charge in [0.2, 0.25) is 0 Å². The molecule has 0 aliphatic heterocycles. The number of Topliss-reactive ketones (excluding diaryl/α,β-unsaturated/α-hetero) is 1. The molecule has 0 fully saturated rings. The lowest BCUT2D eigenvalue weighted by atomic mass is 9.91. The fraction of sp³-hybridized carbons (Fsp3) is 0.273. The average molecular weight is 399 g/mol. The molecule has 0 spiro atoms. The average Bonchev–Trinajstić information content (AvgIpc) is 2.73. The summed E-state index contributed by atoms with van der Waals surface area (Å²) in [4.78, 5) is 24.7. The molecule has 0 atom stereocenters. The summed E-state index contributed by atoms with van der Waals surface area (Å²) < 4.78 is 16.3. The van der Waals surface area contributed by atoms with E-state index in [1.54, 1.807) is 43.5 Å². The van der Waals surface area contributed by atoms with Gasteiger partial charge in [-0.2, -0.15) is 0 Å². The van der Waals surface area contributed by atoms with Crippen LogP contribution in [-0.4, -0.2) is 19.5 Å². The molecule has 0 unspecified atom stereocenters. The van der Waals surface area contributed by atoms with E-state index in [-0.39, 0.29) is 18.0 Å². The number of ketones is 1. The summed E-state index contributed by atoms with van der Waals surface area (Å²) in [6.07, 6.45) is 3.60. The highest BCUT2D eigenvalue weighted by Crippen LogP contribution is 2.34. The summed E-state index contributed by atoms with van der Waals surface area (Å²) in [7, 11) is 1.54. The fourth-order valence-electron chi connectivity index (χ4n) is 3.58. The highest BCUT2D eigenvalue weighted by molar-refractivity contribution is 6.32. The number of methoxy groups -OCH3 is 1. The smallest absolute Gasteiger partial charge is 0.339 e. The van der Waals surface area contributed by atoms with Crippen LogP contribution in [0.2, 0.25) is 5.02 Å². The highest BCUT2D eigenvalue weighted by atomic mass is 35.5. The molecule has 0 saturated carbocycles. The van der Waals surface area contributed by atoms with Crippen molar-refractivity contribution in [3.05, 3.63) is 68.5 Å². The Morgan fingerprint density at radius 2 is 1.93 bits per heavy atom. The Morgan fingerprint density at radius 3 is 2.71 bits per heavy atom. The van der Waals surface area contributed by atoms with E-state index in [1.165, 1.54) is 0 Å². The van der Waals surface area contributed by atoms with E-state index in [4.69, 9.17) is 25.5 Å². The first kappa shape index (κ1) is 18.6. The Hall–Kier alpha value is -2.79. The molecule has 1 aromatic heterocycles. The zero-order chi connectivity index (χ0) is 19.7. The van der Waals surface area contributed by atoms with Crippen molar-refractivity contribution in [3.8, 4) is 11.5 Å². The summed E-state index contributed by atoms with van der Waals surface area (Å²) in [5, 5.41) is 1.22. The Kier molecular flexibility index (Phi) is 5.09. The summed E-state index contributed by atoms with van der Waals surface area (Å²) in [5.41, 5.74) is 2.37. The molecule has 3 aromatic rings. The zero-order valence-corrected chi connectivity index (χ0v) is 16.2. The van der Waals surface area contributed by atoms with Crippen LogP contribution in [0.1, 0.15) is 34.3 Å². The number of rotatable bonds is 5. The second kappa shape index (κ2) is 7.68. The van der Waals surface area contributed by atoms with Crippen molar-refractivity contribution >= 4 is 28.4 Å². The van der Waals surface area contributed by atoms with Gasteiger partial charge < -0.3 is 13.9 Å². The van der Waals surface area contributed by atoms with Crippen LogP contribution in [0.3, 0.4) is 0 Å². The van der Waals surface area contributed by atoms with Gasteiger partial charge in [-0.1, -0.05) is 23.7 Å². The number of ether oxygens (including phenoxy) is 2. The van der Waals surface area contributed by atoms with E-state index in [2.05, 4.69) is 0 Å². The maximum absolute atomic E-state index is 12.4. The Morgan fingerprint density at radius 1 is 1.14 bits per heavy atom. The fourth-order valence-corrected chi connectivity index (χ4v) is 3.80. The molecular formula is C22H19ClO5. The molecule has 1 aliphatic rings. The predicted molar refractivity (Wildman–Crippen MR) is 107 cm³/mol. The van der Waals surface area contributed by atoms with Crippen molar-refractivity contribution in [2.75, 3.05) is 13.7 Å². The number of carbonyl (C=O) groups is 1. The number of hydrogen-bond donors (Lipinski definition) is 0. The van der Waals surface area contributed by atoms with Crippen molar-refractivity contribution in [3.63, 3.8) is 0 Å². The lowest BCUT2D eigenvalue weighted by Crippen LogP contribution is -2.16. The van der Waals surface area contributed by atoms with Crippen LogP contribution in [0.15, 0.2) is 45.6 Å². The largest absolute Gasteiger partial charge is 0.497 e. The van der Waals surface area contributed by atoms with Crippen molar-refractivity contribution in [1.29, 1.82) is 0 Å². The topological polar surface area (TPSA) is 65.7 Å². The summed E-state index contributed by atoms with van der Waals surface area (Å²) >= 11 is 6.39. The molecule has 0 bridgehead atoms. The third kappa shape index (κ3) is 3.50. The van der Waals surface area contributed by atoms with E-state index >= 15 is 0 Å². The molecule has 0 N–H and O–H groups in total. The molecule has 5 nitrogen and oxygen atoms in total. The van der Waals surface area contributed by atoms with Crippen LogP contribution in [0.4, 0.5) is 0 Å². The number of halogens is 1. The van der Waals surface area contributed by atoms with Gasteiger partial charge >= 0.3 is 5.63 Å². The third-order valence-corrected chi connectivity index (χ3v) is 5.32. The molecule has 1 aliphatic carbocycles. The molecule has 28 heavy (non-hydrogen) atoms. The second-order valence-electron chi connectivity index (χ2n) is 6.78. The first-order valence-corrected chi connectivity index (χ1v) is 9.53. The predicted octanol–water partition coefficient (Wildman–Crippen LogP) is 4.60. The summed E-state index contributed by atoms with van der Waals surface area (Å²) in [5.74, 6) is 0.701. The van der Waals surface area contributed by atoms with Crippen LogP contribution in [0.25, 0.3) is 11.0 Å². The summed E-state index contributed by atoms with van der Waals surface area (Å²) in [6.45, 7) is -0.187. The maximum atomic E-state index is 12.4. The normalized spacial score (nSPS) is 13.2. The maximum Gasteiger partial charge on any atom is 0.339 e. The van der Waals surface area contributed by atoms with Gasteiger partial charge in [-0.25, -0.2) is 4.79 Å². The van der Waals surface area contributed by atoms with Gasteiger partial charge in [-0.15, -0.1) is 0 Å². The van der Waals surface area contributed by atoms with Crippen LogP contribution in [-0.2, 0) is 12.8 Å². The minimum Gasteiger partial charge on any atom is -0.497 e. The molecule has 0 radical (unpaired) electrons. The van der Waals surface area contributed by atoms with E-state index in [0.29, 0.717) is 27.7 Å². The van der Waals surface area contributed by atoms with E-state index in [1.807, 2.05) is 0 Å². The van der Waals surface area contributed by atoms with E-state index in [0.717, 1.165) is 42.2 Å². The number of carbonyl (C=O) groups excluding carboxylic acids is 1. The minimum absolute atomic E-state index is 0.187. The van der Waals surface area contributed by atoms with Gasteiger partial charge in [0.25, 0.3) is 0 Å². The van der Waals surface area contributed by atoms with Crippen molar-refractivity contribution in [1.82, 2.24) is 0 Å². The van der Waals surface area contributed by atoms with Gasteiger partial charge in [-0.05, 0) is 49.4 Å². The van der Waals surface area contributed by atoms with Crippen LogP contribution in [0.5, 0.6) is 11.5 Å². The molecule has 0 amide bonds. The Bertz CT molecular complexity index is 1120. The molecule has 2 aromatic carbocycles. The van der Waals surface area contributed by atoms with Crippen LogP contribution < -0.4 is 15.1 Å². The van der Waals surface area contributed by atoms with Crippen LogP contribution in [0, 0.1) is 0 Å². The first-order valence-electron chi connectivity index (χ1n) is 9.15.